The van der Waals surface area contributed by atoms with Crippen LogP contribution >= 0.6 is 0 Å². The molecular formula is C23H29N3O5. The summed E-state index contributed by atoms with van der Waals surface area (Å²) in [5.41, 5.74) is 0.884. The first-order valence-electron chi connectivity index (χ1n) is 10.3. The van der Waals surface area contributed by atoms with Gasteiger partial charge in [0.05, 0.1) is 12.7 Å². The number of ether oxygens (including phenoxy) is 2. The monoisotopic (exact) mass is 427 g/mol. The van der Waals surface area contributed by atoms with Gasteiger partial charge in [0.2, 0.25) is 0 Å². The van der Waals surface area contributed by atoms with Crippen molar-refractivity contribution in [2.75, 3.05) is 25.5 Å². The van der Waals surface area contributed by atoms with Gasteiger partial charge < -0.3 is 24.3 Å². The van der Waals surface area contributed by atoms with Gasteiger partial charge in [-0.25, -0.2) is 9.59 Å². The second-order valence-electron chi connectivity index (χ2n) is 8.53. The summed E-state index contributed by atoms with van der Waals surface area (Å²) in [6.07, 6.45) is 3.04. The van der Waals surface area contributed by atoms with Crippen LogP contribution in [-0.2, 0) is 9.47 Å². The summed E-state index contributed by atoms with van der Waals surface area (Å²) in [5.74, 6) is -0.724. The predicted molar refractivity (Wildman–Crippen MR) is 116 cm³/mol. The van der Waals surface area contributed by atoms with E-state index in [1.165, 1.54) is 7.11 Å². The summed E-state index contributed by atoms with van der Waals surface area (Å²) in [5, 5.41) is 2.84. The number of hydrogen-bond donors (Lipinski definition) is 1. The minimum Gasteiger partial charge on any atom is -0.465 e. The molecule has 0 bridgehead atoms. The summed E-state index contributed by atoms with van der Waals surface area (Å²) >= 11 is 0. The van der Waals surface area contributed by atoms with Crippen molar-refractivity contribution in [1.82, 2.24) is 9.47 Å². The molecule has 3 rings (SSSR count). The number of nitrogens with zero attached hydrogens (tertiary/aromatic N) is 2. The van der Waals surface area contributed by atoms with Crippen LogP contribution in [0.25, 0.3) is 0 Å². The number of rotatable bonds is 4. The Morgan fingerprint density at radius 2 is 1.77 bits per heavy atom. The van der Waals surface area contributed by atoms with Gasteiger partial charge in [-0.05, 0) is 63.9 Å². The Labute approximate surface area is 182 Å². The quantitative estimate of drug-likeness (QED) is 0.742. The normalized spacial score (nSPS) is 14.8. The molecule has 0 atom stereocenters. The highest BCUT2D eigenvalue weighted by atomic mass is 16.6. The molecule has 0 saturated carbocycles. The maximum Gasteiger partial charge on any atom is 0.410 e. The Kier molecular flexibility index (Phi) is 6.68. The molecule has 8 nitrogen and oxygen atoms in total. The van der Waals surface area contributed by atoms with Crippen molar-refractivity contribution in [3.8, 4) is 0 Å². The average molecular weight is 428 g/mol. The van der Waals surface area contributed by atoms with E-state index in [4.69, 9.17) is 9.47 Å². The van der Waals surface area contributed by atoms with Crippen molar-refractivity contribution in [3.05, 3.63) is 53.9 Å². The number of benzene rings is 1. The number of anilines is 1. The maximum absolute atomic E-state index is 12.9. The number of aromatic nitrogens is 1. The predicted octanol–water partition coefficient (Wildman–Crippen LogP) is 4.10. The van der Waals surface area contributed by atoms with Gasteiger partial charge >= 0.3 is 12.1 Å². The average Bonchev–Trinajstić information content (AvgIpc) is 3.22. The molecule has 166 valence electrons. The third-order valence-electron chi connectivity index (χ3n) is 5.06. The van der Waals surface area contributed by atoms with E-state index in [-0.39, 0.29) is 18.0 Å². The van der Waals surface area contributed by atoms with Gasteiger partial charge in [0.1, 0.15) is 11.3 Å². The second-order valence-corrected chi connectivity index (χ2v) is 8.53. The maximum atomic E-state index is 12.9. The number of esters is 1. The largest absolute Gasteiger partial charge is 0.465 e. The van der Waals surface area contributed by atoms with E-state index in [2.05, 4.69) is 5.32 Å². The minimum absolute atomic E-state index is 0.107. The first-order valence-corrected chi connectivity index (χ1v) is 10.3. The van der Waals surface area contributed by atoms with Crippen molar-refractivity contribution in [2.24, 2.45) is 0 Å². The van der Waals surface area contributed by atoms with Crippen molar-refractivity contribution in [2.45, 2.75) is 45.3 Å². The molecule has 0 spiro atoms. The third kappa shape index (κ3) is 5.65. The molecule has 0 unspecified atom stereocenters. The lowest BCUT2D eigenvalue weighted by atomic mass is 10.0. The Bertz CT molecular complexity index is 952. The number of nitrogens with one attached hydrogen (secondary N) is 1. The molecule has 2 amide bonds. The van der Waals surface area contributed by atoms with E-state index in [1.807, 2.05) is 37.6 Å². The van der Waals surface area contributed by atoms with E-state index in [9.17, 15) is 14.4 Å². The Morgan fingerprint density at radius 3 is 2.42 bits per heavy atom. The van der Waals surface area contributed by atoms with Crippen LogP contribution in [-0.4, -0.2) is 53.2 Å². The summed E-state index contributed by atoms with van der Waals surface area (Å²) < 4.78 is 12.1. The van der Waals surface area contributed by atoms with Crippen LogP contribution in [0, 0.1) is 0 Å². The molecule has 1 saturated heterocycles. The molecule has 1 aromatic carbocycles. The van der Waals surface area contributed by atoms with Gasteiger partial charge in [-0.1, -0.05) is 6.07 Å². The highest BCUT2D eigenvalue weighted by molar-refractivity contribution is 6.04. The Morgan fingerprint density at radius 1 is 1.06 bits per heavy atom. The van der Waals surface area contributed by atoms with Gasteiger partial charge in [0.15, 0.2) is 0 Å². The Hall–Kier alpha value is -3.29. The molecular weight excluding hydrogens is 398 g/mol. The van der Waals surface area contributed by atoms with E-state index >= 15 is 0 Å². The molecule has 1 aliphatic heterocycles. The molecule has 1 aromatic heterocycles. The fourth-order valence-corrected chi connectivity index (χ4v) is 3.59. The van der Waals surface area contributed by atoms with Crippen LogP contribution in [0.3, 0.4) is 0 Å². The van der Waals surface area contributed by atoms with Crippen LogP contribution in [0.5, 0.6) is 0 Å². The van der Waals surface area contributed by atoms with Crippen LogP contribution in [0.4, 0.5) is 10.5 Å². The molecule has 0 radical (unpaired) electrons. The lowest BCUT2D eigenvalue weighted by Crippen LogP contribution is -2.42. The summed E-state index contributed by atoms with van der Waals surface area (Å²) in [4.78, 5) is 38.6. The van der Waals surface area contributed by atoms with Crippen LogP contribution < -0.4 is 5.32 Å². The molecule has 1 N–H and O–H groups in total. The molecule has 1 aliphatic rings. The molecule has 8 heteroatoms. The highest BCUT2D eigenvalue weighted by Gasteiger charge is 2.28. The minimum atomic E-state index is -0.523. The summed E-state index contributed by atoms with van der Waals surface area (Å²) in [6.45, 7) is 6.69. The highest BCUT2D eigenvalue weighted by Crippen LogP contribution is 2.26. The zero-order valence-corrected chi connectivity index (χ0v) is 18.4. The first kappa shape index (κ1) is 22.4. The number of piperidine rings is 1. The van der Waals surface area contributed by atoms with E-state index < -0.39 is 11.6 Å². The number of hydrogen-bond acceptors (Lipinski definition) is 5. The zero-order chi connectivity index (χ0) is 22.6. The second kappa shape index (κ2) is 9.24. The Balaban J connectivity index is 1.64. The molecule has 2 aromatic rings. The van der Waals surface area contributed by atoms with E-state index in [0.717, 1.165) is 12.8 Å². The van der Waals surface area contributed by atoms with Crippen molar-refractivity contribution in [1.29, 1.82) is 0 Å². The van der Waals surface area contributed by atoms with Gasteiger partial charge in [-0.3, -0.25) is 4.79 Å². The molecule has 31 heavy (non-hydrogen) atoms. The SMILES string of the molecule is COC(=O)c1cccc(NC(=O)c2cccn2C2CCN(C(=O)OC(C)(C)C)CC2)c1. The molecule has 1 fully saturated rings. The smallest absolute Gasteiger partial charge is 0.410 e. The fourth-order valence-electron chi connectivity index (χ4n) is 3.59. The summed E-state index contributed by atoms with van der Waals surface area (Å²) in [7, 11) is 1.31. The van der Waals surface area contributed by atoms with Crippen molar-refractivity contribution < 1.29 is 23.9 Å². The zero-order valence-electron chi connectivity index (χ0n) is 18.4. The van der Waals surface area contributed by atoms with Crippen LogP contribution in [0.2, 0.25) is 0 Å². The number of likely N-dealkylation sites (tertiary alicyclic amines) is 1. The van der Waals surface area contributed by atoms with Gasteiger partial charge in [0.25, 0.3) is 5.91 Å². The van der Waals surface area contributed by atoms with Crippen LogP contribution in [0.15, 0.2) is 42.6 Å². The van der Waals surface area contributed by atoms with Gasteiger partial charge in [0, 0.05) is 31.0 Å². The van der Waals surface area contributed by atoms with Gasteiger partial charge in [-0.15, -0.1) is 0 Å². The topological polar surface area (TPSA) is 89.9 Å². The van der Waals surface area contributed by atoms with E-state index in [1.54, 1.807) is 35.2 Å². The lowest BCUT2D eigenvalue weighted by Gasteiger charge is -2.34. The number of methoxy groups -OCH3 is 1. The number of carbonyl (C=O) groups excluding carboxylic acids is 3. The van der Waals surface area contributed by atoms with Gasteiger partial charge in [-0.2, -0.15) is 0 Å². The van der Waals surface area contributed by atoms with Crippen LogP contribution in [0.1, 0.15) is 60.5 Å². The third-order valence-corrected chi connectivity index (χ3v) is 5.06. The summed E-state index contributed by atoms with van der Waals surface area (Å²) in [6, 6.07) is 10.3. The van der Waals surface area contributed by atoms with Crippen molar-refractivity contribution >= 4 is 23.7 Å². The van der Waals surface area contributed by atoms with Crippen molar-refractivity contribution in [3.63, 3.8) is 0 Å². The molecule has 0 aliphatic carbocycles. The lowest BCUT2D eigenvalue weighted by molar-refractivity contribution is 0.0187. The van der Waals surface area contributed by atoms with E-state index in [0.29, 0.717) is 30.0 Å². The standard InChI is InChI=1S/C23H29N3O5/c1-23(2,3)31-22(29)25-13-10-18(11-14-25)26-12-6-9-19(26)20(27)24-17-8-5-7-16(15-17)21(28)30-4/h5-9,12,15,18H,10-11,13-14H2,1-4H3,(H,24,27). The fraction of sp³-hybridized carbons (Fsp3) is 0.435. The number of carbonyl (C=O) groups is 3. The number of amides is 2. The molecule has 2 heterocycles. The first-order chi connectivity index (χ1) is 14.7.